The van der Waals surface area contributed by atoms with E-state index in [1.807, 2.05) is 0 Å². The molecule has 1 aromatic heterocycles. The number of hydrogen-bond acceptors (Lipinski definition) is 4. The van der Waals surface area contributed by atoms with E-state index in [2.05, 4.69) is 22.2 Å². The molecule has 1 aromatic carbocycles. The Balaban J connectivity index is 1.98. The lowest BCUT2D eigenvalue weighted by molar-refractivity contribution is 0.317. The molecule has 6 heteroatoms. The summed E-state index contributed by atoms with van der Waals surface area (Å²) in [6, 6.07) is 5.26. The fourth-order valence-corrected chi connectivity index (χ4v) is 3.37. The molecular weight excluding hydrogens is 274 g/mol. The maximum absolute atomic E-state index is 11.6. The molecule has 0 amide bonds. The highest BCUT2D eigenvalue weighted by Gasteiger charge is 2.22. The largest absolute Gasteiger partial charge is 0.341 e. The molecule has 1 aliphatic heterocycles. The van der Waals surface area contributed by atoms with Crippen LogP contribution in [0.5, 0.6) is 0 Å². The standard InChI is InChI=1S/C14H19N3O2S/c1-9-5-6-15-13(7-9)14-16-11-4-3-10(20(2,18)19)8-12(11)17-14/h3-4,8-9,13,15H,5-7H2,1-2H3,(H,16,17). The van der Waals surface area contributed by atoms with Gasteiger partial charge in [-0.05, 0) is 43.5 Å². The Morgan fingerprint density at radius 2 is 2.15 bits per heavy atom. The minimum absolute atomic E-state index is 0.229. The molecule has 2 heterocycles. The second-order valence-corrected chi connectivity index (χ2v) is 7.73. The molecule has 1 fully saturated rings. The van der Waals surface area contributed by atoms with Gasteiger partial charge in [-0.15, -0.1) is 0 Å². The highest BCUT2D eigenvalue weighted by molar-refractivity contribution is 7.90. The van der Waals surface area contributed by atoms with Gasteiger partial charge in [-0.1, -0.05) is 6.92 Å². The van der Waals surface area contributed by atoms with Gasteiger partial charge in [0.1, 0.15) is 5.82 Å². The second kappa shape index (κ2) is 4.86. The van der Waals surface area contributed by atoms with E-state index in [4.69, 9.17) is 0 Å². The first-order chi connectivity index (χ1) is 9.43. The maximum Gasteiger partial charge on any atom is 0.175 e. The second-order valence-electron chi connectivity index (χ2n) is 5.71. The summed E-state index contributed by atoms with van der Waals surface area (Å²) in [5.74, 6) is 1.58. The minimum atomic E-state index is -3.18. The fraction of sp³-hybridized carbons (Fsp3) is 0.500. The molecule has 20 heavy (non-hydrogen) atoms. The third kappa shape index (κ3) is 2.58. The highest BCUT2D eigenvalue weighted by Crippen LogP contribution is 2.27. The smallest absolute Gasteiger partial charge is 0.175 e. The molecule has 2 N–H and O–H groups in total. The van der Waals surface area contributed by atoms with E-state index in [1.54, 1.807) is 18.2 Å². The van der Waals surface area contributed by atoms with Crippen LogP contribution in [-0.4, -0.2) is 31.2 Å². The summed E-state index contributed by atoms with van der Waals surface area (Å²) in [6.07, 6.45) is 3.46. The van der Waals surface area contributed by atoms with Gasteiger partial charge in [0.15, 0.2) is 9.84 Å². The number of aromatic nitrogens is 2. The summed E-state index contributed by atoms with van der Waals surface area (Å²) in [5, 5.41) is 3.46. The van der Waals surface area contributed by atoms with E-state index < -0.39 is 9.84 Å². The highest BCUT2D eigenvalue weighted by atomic mass is 32.2. The summed E-state index contributed by atoms with van der Waals surface area (Å²) in [6.45, 7) is 3.25. The third-order valence-electron chi connectivity index (χ3n) is 3.90. The number of benzene rings is 1. The van der Waals surface area contributed by atoms with E-state index in [1.165, 1.54) is 12.7 Å². The zero-order chi connectivity index (χ0) is 14.3. The van der Waals surface area contributed by atoms with Crippen LogP contribution in [0.1, 0.15) is 31.6 Å². The average molecular weight is 293 g/mol. The number of aromatic amines is 1. The molecule has 0 aliphatic carbocycles. The number of fused-ring (bicyclic) bond motifs is 1. The van der Waals surface area contributed by atoms with Crippen LogP contribution in [0.15, 0.2) is 23.1 Å². The average Bonchev–Trinajstić information content (AvgIpc) is 2.80. The molecule has 0 radical (unpaired) electrons. The quantitative estimate of drug-likeness (QED) is 0.888. The zero-order valence-electron chi connectivity index (χ0n) is 11.7. The van der Waals surface area contributed by atoms with Crippen molar-refractivity contribution in [2.45, 2.75) is 30.7 Å². The van der Waals surface area contributed by atoms with Crippen molar-refractivity contribution in [3.8, 4) is 0 Å². The molecule has 2 aromatic rings. The number of nitrogens with zero attached hydrogens (tertiary/aromatic N) is 1. The molecule has 1 saturated heterocycles. The maximum atomic E-state index is 11.6. The van der Waals surface area contributed by atoms with E-state index in [9.17, 15) is 8.42 Å². The number of rotatable bonds is 2. The van der Waals surface area contributed by atoms with Gasteiger partial charge in [-0.25, -0.2) is 13.4 Å². The Labute approximate surface area is 118 Å². The summed E-state index contributed by atoms with van der Waals surface area (Å²) in [4.78, 5) is 8.17. The van der Waals surface area contributed by atoms with Crippen molar-refractivity contribution in [2.24, 2.45) is 5.92 Å². The van der Waals surface area contributed by atoms with Crippen LogP contribution in [-0.2, 0) is 9.84 Å². The molecule has 2 unspecified atom stereocenters. The van der Waals surface area contributed by atoms with E-state index in [0.717, 1.165) is 29.8 Å². The zero-order valence-corrected chi connectivity index (χ0v) is 12.5. The number of piperidine rings is 1. The molecule has 0 bridgehead atoms. The molecule has 1 aliphatic rings. The van der Waals surface area contributed by atoms with E-state index in [0.29, 0.717) is 10.8 Å². The van der Waals surface area contributed by atoms with Crippen LogP contribution in [0.4, 0.5) is 0 Å². The van der Waals surface area contributed by atoms with Crippen molar-refractivity contribution in [2.75, 3.05) is 12.8 Å². The summed E-state index contributed by atoms with van der Waals surface area (Å²) in [7, 11) is -3.18. The topological polar surface area (TPSA) is 74.8 Å². The number of sulfone groups is 1. The first-order valence-electron chi connectivity index (χ1n) is 6.86. The Bertz CT molecular complexity index is 736. The van der Waals surface area contributed by atoms with Gasteiger partial charge < -0.3 is 10.3 Å². The Morgan fingerprint density at radius 1 is 1.35 bits per heavy atom. The number of imidazole rings is 1. The number of hydrogen-bond donors (Lipinski definition) is 2. The van der Waals surface area contributed by atoms with Crippen LogP contribution in [0.3, 0.4) is 0 Å². The normalized spacial score (nSPS) is 24.1. The molecule has 3 rings (SSSR count). The van der Waals surface area contributed by atoms with E-state index >= 15 is 0 Å². The Morgan fingerprint density at radius 3 is 2.85 bits per heavy atom. The van der Waals surface area contributed by atoms with Gasteiger partial charge >= 0.3 is 0 Å². The van der Waals surface area contributed by atoms with Crippen LogP contribution in [0.2, 0.25) is 0 Å². The number of H-pyrrole nitrogens is 1. The molecule has 108 valence electrons. The fourth-order valence-electron chi connectivity index (χ4n) is 2.72. The first kappa shape index (κ1) is 13.6. The van der Waals surface area contributed by atoms with Crippen molar-refractivity contribution < 1.29 is 8.42 Å². The van der Waals surface area contributed by atoms with Crippen molar-refractivity contribution in [1.29, 1.82) is 0 Å². The molecule has 5 nitrogen and oxygen atoms in total. The SMILES string of the molecule is CC1CCNC(c2nc3ccc(S(C)(=O)=O)cc3[nH]2)C1. The number of nitrogens with one attached hydrogen (secondary N) is 2. The first-order valence-corrected chi connectivity index (χ1v) is 8.76. The van der Waals surface area contributed by atoms with Gasteiger partial charge in [0.2, 0.25) is 0 Å². The summed E-state index contributed by atoms with van der Waals surface area (Å²) in [5.41, 5.74) is 1.59. The van der Waals surface area contributed by atoms with Gasteiger partial charge in [0.25, 0.3) is 0 Å². The van der Waals surface area contributed by atoms with Crippen molar-refractivity contribution in [3.63, 3.8) is 0 Å². The van der Waals surface area contributed by atoms with Gasteiger partial charge in [-0.3, -0.25) is 0 Å². The molecule has 2 atom stereocenters. The lowest BCUT2D eigenvalue weighted by atomic mass is 9.94. The van der Waals surface area contributed by atoms with Gasteiger partial charge in [0.05, 0.1) is 22.0 Å². The predicted octanol–water partition coefficient (Wildman–Crippen LogP) is 2.03. The van der Waals surface area contributed by atoms with Crippen LogP contribution in [0, 0.1) is 5.92 Å². The Kier molecular flexibility index (Phi) is 3.30. The van der Waals surface area contributed by atoms with Crippen molar-refractivity contribution in [1.82, 2.24) is 15.3 Å². The van der Waals surface area contributed by atoms with Gasteiger partial charge in [-0.2, -0.15) is 0 Å². The Hall–Kier alpha value is -1.40. The molecular formula is C14H19N3O2S. The lowest BCUT2D eigenvalue weighted by Gasteiger charge is -2.26. The lowest BCUT2D eigenvalue weighted by Crippen LogP contribution is -2.31. The summed E-state index contributed by atoms with van der Waals surface area (Å²) < 4.78 is 23.2. The molecule has 0 spiro atoms. The van der Waals surface area contributed by atoms with Crippen LogP contribution < -0.4 is 5.32 Å². The monoisotopic (exact) mass is 293 g/mol. The summed E-state index contributed by atoms with van der Waals surface area (Å²) >= 11 is 0. The van der Waals surface area contributed by atoms with Crippen molar-refractivity contribution in [3.05, 3.63) is 24.0 Å². The van der Waals surface area contributed by atoms with E-state index in [-0.39, 0.29) is 6.04 Å². The predicted molar refractivity (Wildman–Crippen MR) is 78.3 cm³/mol. The van der Waals surface area contributed by atoms with Crippen molar-refractivity contribution >= 4 is 20.9 Å². The van der Waals surface area contributed by atoms with Gasteiger partial charge in [0, 0.05) is 6.26 Å². The minimum Gasteiger partial charge on any atom is -0.341 e. The third-order valence-corrected chi connectivity index (χ3v) is 5.01. The van der Waals surface area contributed by atoms with Crippen LogP contribution >= 0.6 is 0 Å². The van der Waals surface area contributed by atoms with Crippen LogP contribution in [0.25, 0.3) is 11.0 Å². The molecule has 0 saturated carbocycles.